The van der Waals surface area contributed by atoms with Crippen LogP contribution in [0.15, 0.2) is 0 Å². The molecule has 0 saturated heterocycles. The Morgan fingerprint density at radius 1 is 1.33 bits per heavy atom. The van der Waals surface area contributed by atoms with Crippen LogP contribution in [0.2, 0.25) is 0 Å². The minimum absolute atomic E-state index is 0.0219. The van der Waals surface area contributed by atoms with Gasteiger partial charge in [-0.15, -0.1) is 0 Å². The quantitative estimate of drug-likeness (QED) is 0.669. The molecule has 0 bridgehead atoms. The summed E-state index contributed by atoms with van der Waals surface area (Å²) < 4.78 is 0. The second-order valence-corrected chi connectivity index (χ2v) is 6.11. The number of nitrogens with two attached hydrogens (primary N) is 1. The summed E-state index contributed by atoms with van der Waals surface area (Å²) in [6, 6.07) is 0.229. The van der Waals surface area contributed by atoms with E-state index < -0.39 is 5.41 Å². The summed E-state index contributed by atoms with van der Waals surface area (Å²) in [5.41, 5.74) is 5.15. The summed E-state index contributed by atoms with van der Waals surface area (Å²) in [5.74, 6) is 0.431. The molecule has 0 atom stereocenters. The summed E-state index contributed by atoms with van der Waals surface area (Å²) in [5, 5.41) is 12.2. The molecule has 1 amide bonds. The second-order valence-electron chi connectivity index (χ2n) is 5.67. The van der Waals surface area contributed by atoms with E-state index in [9.17, 15) is 4.79 Å². The van der Waals surface area contributed by atoms with Gasteiger partial charge in [0.1, 0.15) is 0 Å². The summed E-state index contributed by atoms with van der Waals surface area (Å²) in [6.07, 6.45) is 6.49. The Hall–Kier alpha value is -0.680. The standard InChI is InChI=1S/C13H22N2O2S/c14-11(18)13(6-1-7-13)12(17)15-10-4-2-9(8-16)3-5-10/h9-10,16H,1-8H2,(H2,14,18)(H,15,17). The number of hydrogen-bond acceptors (Lipinski definition) is 3. The predicted molar refractivity (Wildman–Crippen MR) is 74.0 cm³/mol. The lowest BCUT2D eigenvalue weighted by molar-refractivity contribution is -0.131. The molecule has 0 heterocycles. The Morgan fingerprint density at radius 3 is 2.33 bits per heavy atom. The molecular formula is C13H22N2O2S. The van der Waals surface area contributed by atoms with Crippen LogP contribution in [-0.2, 0) is 4.79 Å². The van der Waals surface area contributed by atoms with Crippen LogP contribution in [0.25, 0.3) is 0 Å². The molecule has 2 aliphatic rings. The highest BCUT2D eigenvalue weighted by Gasteiger charge is 2.47. The van der Waals surface area contributed by atoms with E-state index in [2.05, 4.69) is 5.32 Å². The Morgan fingerprint density at radius 2 is 1.94 bits per heavy atom. The van der Waals surface area contributed by atoms with E-state index in [0.29, 0.717) is 10.9 Å². The molecular weight excluding hydrogens is 248 g/mol. The second kappa shape index (κ2) is 5.53. The maximum absolute atomic E-state index is 12.3. The predicted octanol–water partition coefficient (Wildman–Crippen LogP) is 1.11. The number of hydrogen-bond donors (Lipinski definition) is 3. The largest absolute Gasteiger partial charge is 0.396 e. The number of carbonyl (C=O) groups excluding carboxylic acids is 1. The van der Waals surface area contributed by atoms with Crippen LogP contribution in [-0.4, -0.2) is 28.7 Å². The van der Waals surface area contributed by atoms with Gasteiger partial charge in [0.25, 0.3) is 0 Å². The maximum atomic E-state index is 12.3. The summed E-state index contributed by atoms with van der Waals surface area (Å²) >= 11 is 5.05. The third kappa shape index (κ3) is 2.52. The van der Waals surface area contributed by atoms with Crippen molar-refractivity contribution in [3.05, 3.63) is 0 Å². The van der Waals surface area contributed by atoms with Gasteiger partial charge in [-0.25, -0.2) is 0 Å². The molecule has 0 aromatic heterocycles. The van der Waals surface area contributed by atoms with E-state index >= 15 is 0 Å². The first-order chi connectivity index (χ1) is 8.58. The molecule has 2 saturated carbocycles. The van der Waals surface area contributed by atoms with E-state index in [-0.39, 0.29) is 18.6 Å². The fraction of sp³-hybridized carbons (Fsp3) is 0.846. The SMILES string of the molecule is NC(=S)C1(C(=O)NC2CCC(CO)CC2)CCC1. The van der Waals surface area contributed by atoms with Crippen molar-refractivity contribution in [2.24, 2.45) is 17.1 Å². The van der Waals surface area contributed by atoms with Crippen molar-refractivity contribution < 1.29 is 9.90 Å². The monoisotopic (exact) mass is 270 g/mol. The van der Waals surface area contributed by atoms with Crippen molar-refractivity contribution in [1.82, 2.24) is 5.32 Å². The average molecular weight is 270 g/mol. The van der Waals surface area contributed by atoms with E-state index in [1.165, 1.54) is 0 Å². The van der Waals surface area contributed by atoms with Crippen molar-refractivity contribution in [3.63, 3.8) is 0 Å². The van der Waals surface area contributed by atoms with E-state index in [0.717, 1.165) is 44.9 Å². The van der Waals surface area contributed by atoms with Gasteiger partial charge in [0, 0.05) is 12.6 Å². The van der Waals surface area contributed by atoms with Gasteiger partial charge in [0.15, 0.2) is 0 Å². The molecule has 2 rings (SSSR count). The molecule has 0 aliphatic heterocycles. The van der Waals surface area contributed by atoms with Crippen molar-refractivity contribution in [2.75, 3.05) is 6.61 Å². The highest BCUT2D eigenvalue weighted by molar-refractivity contribution is 7.80. The highest BCUT2D eigenvalue weighted by Crippen LogP contribution is 2.41. The van der Waals surface area contributed by atoms with E-state index in [1.54, 1.807) is 0 Å². The molecule has 5 heteroatoms. The van der Waals surface area contributed by atoms with Crippen LogP contribution in [0.1, 0.15) is 44.9 Å². The number of carbonyl (C=O) groups is 1. The first-order valence-electron chi connectivity index (χ1n) is 6.80. The maximum Gasteiger partial charge on any atom is 0.233 e. The van der Waals surface area contributed by atoms with Gasteiger partial charge in [-0.2, -0.15) is 0 Å². The van der Waals surface area contributed by atoms with E-state index in [4.69, 9.17) is 23.1 Å². The van der Waals surface area contributed by atoms with E-state index in [1.807, 2.05) is 0 Å². The highest BCUT2D eigenvalue weighted by atomic mass is 32.1. The first kappa shape index (κ1) is 13.7. The minimum Gasteiger partial charge on any atom is -0.396 e. The molecule has 0 radical (unpaired) electrons. The first-order valence-corrected chi connectivity index (χ1v) is 7.21. The molecule has 4 N–H and O–H groups in total. The Balaban J connectivity index is 1.86. The Bertz CT molecular complexity index is 334. The fourth-order valence-electron chi connectivity index (χ4n) is 2.93. The number of nitrogens with one attached hydrogen (secondary N) is 1. The van der Waals surface area contributed by atoms with Gasteiger partial charge >= 0.3 is 0 Å². The molecule has 0 aromatic rings. The lowest BCUT2D eigenvalue weighted by Gasteiger charge is -2.40. The number of rotatable bonds is 4. The van der Waals surface area contributed by atoms with Crippen molar-refractivity contribution in [1.29, 1.82) is 0 Å². The molecule has 0 spiro atoms. The topological polar surface area (TPSA) is 75.4 Å². The average Bonchev–Trinajstić information content (AvgIpc) is 2.28. The van der Waals surface area contributed by atoms with Crippen LogP contribution in [0.3, 0.4) is 0 Å². The normalized spacial score (nSPS) is 30.3. The molecule has 0 unspecified atom stereocenters. The minimum atomic E-state index is -0.566. The van der Waals surface area contributed by atoms with Gasteiger partial charge in [-0.3, -0.25) is 4.79 Å². The van der Waals surface area contributed by atoms with Gasteiger partial charge in [0.05, 0.1) is 10.4 Å². The molecule has 2 aliphatic carbocycles. The molecule has 2 fully saturated rings. The van der Waals surface area contributed by atoms with Gasteiger partial charge in [-0.1, -0.05) is 18.6 Å². The number of aliphatic hydroxyl groups excluding tert-OH is 1. The molecule has 4 nitrogen and oxygen atoms in total. The van der Waals surface area contributed by atoms with Crippen LogP contribution in [0, 0.1) is 11.3 Å². The third-order valence-electron chi connectivity index (χ3n) is 4.55. The van der Waals surface area contributed by atoms with Crippen molar-refractivity contribution >= 4 is 23.1 Å². The Labute approximate surface area is 113 Å². The zero-order chi connectivity index (χ0) is 13.2. The zero-order valence-electron chi connectivity index (χ0n) is 10.7. The third-order valence-corrected chi connectivity index (χ3v) is 4.94. The Kier molecular flexibility index (Phi) is 4.22. The van der Waals surface area contributed by atoms with Crippen molar-refractivity contribution in [2.45, 2.75) is 51.0 Å². The van der Waals surface area contributed by atoms with Crippen LogP contribution < -0.4 is 11.1 Å². The summed E-state index contributed by atoms with van der Waals surface area (Å²) in [7, 11) is 0. The smallest absolute Gasteiger partial charge is 0.233 e. The summed E-state index contributed by atoms with van der Waals surface area (Å²) in [6.45, 7) is 0.261. The molecule has 18 heavy (non-hydrogen) atoms. The van der Waals surface area contributed by atoms with Gasteiger partial charge in [0.2, 0.25) is 5.91 Å². The number of thiocarbonyl (C=S) groups is 1. The molecule has 0 aromatic carbocycles. The van der Waals surface area contributed by atoms with Crippen LogP contribution in [0.4, 0.5) is 0 Å². The van der Waals surface area contributed by atoms with Crippen LogP contribution in [0.5, 0.6) is 0 Å². The van der Waals surface area contributed by atoms with Gasteiger partial charge in [-0.05, 0) is 44.4 Å². The van der Waals surface area contributed by atoms with Crippen molar-refractivity contribution in [3.8, 4) is 0 Å². The lowest BCUT2D eigenvalue weighted by Crippen LogP contribution is -2.55. The number of aliphatic hydroxyl groups is 1. The lowest BCUT2D eigenvalue weighted by atomic mass is 9.67. The summed E-state index contributed by atoms with van der Waals surface area (Å²) in [4.78, 5) is 12.6. The van der Waals surface area contributed by atoms with Gasteiger partial charge < -0.3 is 16.2 Å². The molecule has 102 valence electrons. The zero-order valence-corrected chi connectivity index (χ0v) is 11.5. The number of amides is 1. The van der Waals surface area contributed by atoms with Crippen LogP contribution >= 0.6 is 12.2 Å². The fourth-order valence-corrected chi connectivity index (χ4v) is 3.23.